The second kappa shape index (κ2) is 6.75. The molecule has 0 aromatic heterocycles. The van der Waals surface area contributed by atoms with Gasteiger partial charge in [-0.15, -0.1) is 0 Å². The van der Waals surface area contributed by atoms with Crippen LogP contribution in [0.4, 0.5) is 0 Å². The largest absolute Gasteiger partial charge is 0.490 e. The fourth-order valence-electron chi connectivity index (χ4n) is 1.12. The van der Waals surface area contributed by atoms with E-state index >= 15 is 0 Å². The average molecular weight is 245 g/mol. The van der Waals surface area contributed by atoms with Crippen LogP contribution in [0.25, 0.3) is 0 Å². The Labute approximate surface area is 99.0 Å². The highest BCUT2D eigenvalue weighted by Crippen LogP contribution is 2.27. The minimum absolute atomic E-state index is 0.487. The molecule has 82 valence electrons. The van der Waals surface area contributed by atoms with Crippen molar-refractivity contribution in [1.29, 1.82) is 0 Å². The van der Waals surface area contributed by atoms with E-state index in [-0.39, 0.29) is 0 Å². The lowest BCUT2D eigenvalue weighted by Crippen LogP contribution is -2.03. The Morgan fingerprint density at radius 3 is 3.00 bits per heavy atom. The minimum Gasteiger partial charge on any atom is -0.490 e. The molecule has 1 aromatic rings. The second-order valence-electron chi connectivity index (χ2n) is 2.82. The number of carbonyl (C=O) groups is 1. The van der Waals surface area contributed by atoms with Crippen molar-refractivity contribution in [2.24, 2.45) is 0 Å². The predicted molar refractivity (Wildman–Crippen MR) is 65.3 cm³/mol. The number of rotatable bonds is 6. The first-order valence-corrected chi connectivity index (χ1v) is 6.27. The van der Waals surface area contributed by atoms with Gasteiger partial charge in [-0.2, -0.15) is 11.8 Å². The van der Waals surface area contributed by atoms with Crippen molar-refractivity contribution in [3.63, 3.8) is 0 Å². The van der Waals surface area contributed by atoms with E-state index in [4.69, 9.17) is 16.3 Å². The molecule has 0 spiro atoms. The maximum Gasteiger partial charge on any atom is 0.153 e. The van der Waals surface area contributed by atoms with E-state index in [0.29, 0.717) is 22.9 Å². The molecule has 0 aliphatic heterocycles. The Morgan fingerprint density at radius 2 is 2.33 bits per heavy atom. The number of thioether (sulfide) groups is 1. The summed E-state index contributed by atoms with van der Waals surface area (Å²) in [7, 11) is 0. The zero-order valence-electron chi connectivity index (χ0n) is 8.53. The minimum atomic E-state index is 0.487. The number of aldehydes is 1. The van der Waals surface area contributed by atoms with Crippen LogP contribution in [-0.2, 0) is 0 Å². The third kappa shape index (κ3) is 3.76. The molecule has 1 rings (SSSR count). The number of halogens is 1. The average Bonchev–Trinajstić information content (AvgIpc) is 2.26. The maximum atomic E-state index is 10.7. The van der Waals surface area contributed by atoms with E-state index < -0.39 is 0 Å². The van der Waals surface area contributed by atoms with Crippen LogP contribution in [0, 0.1) is 0 Å². The smallest absolute Gasteiger partial charge is 0.153 e. The molecule has 0 unspecified atom stereocenters. The van der Waals surface area contributed by atoms with E-state index in [9.17, 15) is 4.79 Å². The van der Waals surface area contributed by atoms with Crippen LogP contribution < -0.4 is 4.74 Å². The maximum absolute atomic E-state index is 10.7. The summed E-state index contributed by atoms with van der Waals surface area (Å²) in [6.07, 6.45) is 0.758. The predicted octanol–water partition coefficient (Wildman–Crippen LogP) is 3.28. The first kappa shape index (κ1) is 12.4. The van der Waals surface area contributed by atoms with Gasteiger partial charge in [0.05, 0.1) is 17.2 Å². The topological polar surface area (TPSA) is 26.3 Å². The summed E-state index contributed by atoms with van der Waals surface area (Å²) in [5, 5.41) is 0.487. The molecular formula is C11H13ClO2S. The quantitative estimate of drug-likeness (QED) is 0.568. The molecule has 0 saturated carbocycles. The lowest BCUT2D eigenvalue weighted by molar-refractivity contribution is 0.112. The molecule has 0 aliphatic rings. The van der Waals surface area contributed by atoms with Gasteiger partial charge in [-0.1, -0.05) is 24.6 Å². The molecule has 1 aromatic carbocycles. The fourth-order valence-corrected chi connectivity index (χ4v) is 1.84. The highest BCUT2D eigenvalue weighted by Gasteiger charge is 2.06. The number of para-hydroxylation sites is 1. The molecule has 0 fully saturated rings. The van der Waals surface area contributed by atoms with Crippen LogP contribution in [0.1, 0.15) is 17.3 Å². The molecule has 0 radical (unpaired) electrons. The Hall–Kier alpha value is -0.670. The van der Waals surface area contributed by atoms with Gasteiger partial charge >= 0.3 is 0 Å². The van der Waals surface area contributed by atoms with Gasteiger partial charge in [0.2, 0.25) is 0 Å². The molecule has 0 saturated heterocycles. The zero-order chi connectivity index (χ0) is 11.1. The van der Waals surface area contributed by atoms with E-state index in [0.717, 1.165) is 17.8 Å². The first-order chi connectivity index (χ1) is 7.29. The highest BCUT2D eigenvalue weighted by atomic mass is 35.5. The van der Waals surface area contributed by atoms with E-state index in [1.165, 1.54) is 0 Å². The van der Waals surface area contributed by atoms with Gasteiger partial charge in [0, 0.05) is 5.75 Å². The van der Waals surface area contributed by atoms with Gasteiger partial charge in [0.1, 0.15) is 5.75 Å². The van der Waals surface area contributed by atoms with Crippen LogP contribution in [0.2, 0.25) is 5.02 Å². The van der Waals surface area contributed by atoms with Gasteiger partial charge in [-0.25, -0.2) is 0 Å². The molecule has 0 bridgehead atoms. The number of hydrogen-bond donors (Lipinski definition) is 0. The summed E-state index contributed by atoms with van der Waals surface area (Å²) in [4.78, 5) is 10.7. The second-order valence-corrected chi connectivity index (χ2v) is 4.62. The lowest BCUT2D eigenvalue weighted by Gasteiger charge is -2.09. The van der Waals surface area contributed by atoms with E-state index in [2.05, 4.69) is 6.92 Å². The number of ether oxygens (including phenoxy) is 1. The molecule has 0 heterocycles. The van der Waals surface area contributed by atoms with Crippen molar-refractivity contribution < 1.29 is 9.53 Å². The van der Waals surface area contributed by atoms with Crippen molar-refractivity contribution in [3.8, 4) is 5.75 Å². The van der Waals surface area contributed by atoms with Crippen molar-refractivity contribution in [1.82, 2.24) is 0 Å². The monoisotopic (exact) mass is 244 g/mol. The molecule has 0 aliphatic carbocycles. The Balaban J connectivity index is 2.62. The van der Waals surface area contributed by atoms with Crippen molar-refractivity contribution in [2.75, 3.05) is 18.1 Å². The third-order valence-electron chi connectivity index (χ3n) is 1.80. The van der Waals surface area contributed by atoms with Crippen LogP contribution >= 0.6 is 23.4 Å². The number of benzene rings is 1. The lowest BCUT2D eigenvalue weighted by atomic mass is 10.2. The van der Waals surface area contributed by atoms with Crippen molar-refractivity contribution >= 4 is 29.6 Å². The van der Waals surface area contributed by atoms with Crippen LogP contribution in [-0.4, -0.2) is 24.4 Å². The third-order valence-corrected chi connectivity index (χ3v) is 2.96. The molecule has 0 amide bonds. The Morgan fingerprint density at radius 1 is 1.53 bits per heavy atom. The van der Waals surface area contributed by atoms with Crippen LogP contribution in [0.3, 0.4) is 0 Å². The van der Waals surface area contributed by atoms with Gasteiger partial charge in [0.15, 0.2) is 6.29 Å². The number of carbonyl (C=O) groups excluding carboxylic acids is 1. The molecular weight excluding hydrogens is 232 g/mol. The van der Waals surface area contributed by atoms with Crippen molar-refractivity contribution in [2.45, 2.75) is 6.92 Å². The van der Waals surface area contributed by atoms with E-state index in [1.54, 1.807) is 30.0 Å². The molecule has 15 heavy (non-hydrogen) atoms. The summed E-state index contributed by atoms with van der Waals surface area (Å²) >= 11 is 7.72. The molecule has 0 atom stereocenters. The normalized spacial score (nSPS) is 10.0. The summed E-state index contributed by atoms with van der Waals surface area (Å²) in [5.41, 5.74) is 0.504. The van der Waals surface area contributed by atoms with Crippen LogP contribution in [0.15, 0.2) is 18.2 Å². The standard InChI is InChI=1S/C11H13ClO2S/c1-2-15-7-6-14-11-9(8-13)4-3-5-10(11)12/h3-5,8H,2,6-7H2,1H3. The fraction of sp³-hybridized carbons (Fsp3) is 0.364. The van der Waals surface area contributed by atoms with E-state index in [1.807, 2.05) is 0 Å². The zero-order valence-corrected chi connectivity index (χ0v) is 10.1. The summed E-state index contributed by atoms with van der Waals surface area (Å²) in [5.74, 6) is 2.46. The van der Waals surface area contributed by atoms with Crippen molar-refractivity contribution in [3.05, 3.63) is 28.8 Å². The van der Waals surface area contributed by atoms with Crippen LogP contribution in [0.5, 0.6) is 5.75 Å². The first-order valence-electron chi connectivity index (χ1n) is 4.73. The summed E-state index contributed by atoms with van der Waals surface area (Å²) < 4.78 is 5.48. The Kier molecular flexibility index (Phi) is 5.58. The Bertz CT molecular complexity index is 328. The van der Waals surface area contributed by atoms with Gasteiger partial charge in [0.25, 0.3) is 0 Å². The SMILES string of the molecule is CCSCCOc1c(Cl)cccc1C=O. The highest BCUT2D eigenvalue weighted by molar-refractivity contribution is 7.99. The van der Waals surface area contributed by atoms with Gasteiger partial charge in [-0.05, 0) is 17.9 Å². The summed E-state index contributed by atoms with van der Waals surface area (Å²) in [6.45, 7) is 2.67. The van der Waals surface area contributed by atoms with Gasteiger partial charge in [-0.3, -0.25) is 4.79 Å². The molecule has 2 nitrogen and oxygen atoms in total. The number of hydrogen-bond acceptors (Lipinski definition) is 3. The van der Waals surface area contributed by atoms with Gasteiger partial charge < -0.3 is 4.74 Å². The summed E-state index contributed by atoms with van der Waals surface area (Å²) in [6, 6.07) is 5.15. The molecule has 0 N–H and O–H groups in total. The molecule has 4 heteroatoms.